The number of aromatic nitrogens is 1. The van der Waals surface area contributed by atoms with Gasteiger partial charge in [-0.2, -0.15) is 0 Å². The van der Waals surface area contributed by atoms with Gasteiger partial charge in [-0.15, -0.1) is 11.3 Å². The Hall–Kier alpha value is -1.52. The number of nitrogens with one attached hydrogen (secondary N) is 2. The number of thiazole rings is 1. The third kappa shape index (κ3) is 6.75. The fourth-order valence-corrected chi connectivity index (χ4v) is 5.84. The molecule has 2 atom stereocenters. The van der Waals surface area contributed by atoms with E-state index >= 15 is 0 Å². The molecule has 2 aromatic rings. The van der Waals surface area contributed by atoms with Gasteiger partial charge in [0.2, 0.25) is 15.9 Å². The van der Waals surface area contributed by atoms with Gasteiger partial charge in [-0.05, 0) is 36.5 Å². The lowest BCUT2D eigenvalue weighted by molar-refractivity contribution is -0.116. The monoisotopic (exact) mass is 470 g/mol. The summed E-state index contributed by atoms with van der Waals surface area (Å²) in [5.41, 5.74) is 0.943. The number of sulfonamides is 1. The molecule has 0 saturated carbocycles. The number of carbonyl (C=O) groups is 1. The summed E-state index contributed by atoms with van der Waals surface area (Å²) in [4.78, 5) is 19.1. The Kier molecular flexibility index (Phi) is 7.86. The number of rotatable bonds is 8. The van der Waals surface area contributed by atoms with Crippen molar-refractivity contribution in [2.75, 3.05) is 25.0 Å². The first-order valence-electron chi connectivity index (χ1n) is 9.93. The minimum Gasteiger partial charge on any atom is -0.302 e. The van der Waals surface area contributed by atoms with Crippen LogP contribution in [-0.4, -0.2) is 43.8 Å². The third-order valence-electron chi connectivity index (χ3n) is 4.88. The van der Waals surface area contributed by atoms with Gasteiger partial charge in [-0.3, -0.25) is 9.69 Å². The standard InChI is InChI=1S/C20H27ClN4O3S2/c1-14-8-15(2)11-25(10-14)12-17-13-29-20(23-17)24-19(26)6-7-22-30(27,28)18-5-3-4-16(21)9-18/h3-5,9,13-15,22H,6-8,10-12H2,1-2H3,(H,23,24,26). The molecule has 0 spiro atoms. The van der Waals surface area contributed by atoms with Gasteiger partial charge in [-0.25, -0.2) is 18.1 Å². The summed E-state index contributed by atoms with van der Waals surface area (Å²) < 4.78 is 26.9. The molecule has 10 heteroatoms. The maximum Gasteiger partial charge on any atom is 0.240 e. The minimum absolute atomic E-state index is 0.00979. The number of anilines is 1. The van der Waals surface area contributed by atoms with Crippen LogP contribution in [0.5, 0.6) is 0 Å². The van der Waals surface area contributed by atoms with E-state index in [-0.39, 0.29) is 23.8 Å². The molecule has 2 heterocycles. The molecule has 0 bridgehead atoms. The van der Waals surface area contributed by atoms with Crippen molar-refractivity contribution in [1.29, 1.82) is 0 Å². The predicted molar refractivity (Wildman–Crippen MR) is 120 cm³/mol. The number of carbonyl (C=O) groups excluding carboxylic acids is 1. The maximum atomic E-state index is 12.2. The Labute approximate surface area is 186 Å². The van der Waals surface area contributed by atoms with Crippen molar-refractivity contribution in [3.8, 4) is 0 Å². The normalized spacial score (nSPS) is 20.2. The van der Waals surface area contributed by atoms with Gasteiger partial charge in [0.15, 0.2) is 5.13 Å². The molecule has 0 aliphatic carbocycles. The molecule has 3 rings (SSSR count). The molecule has 1 aromatic carbocycles. The van der Waals surface area contributed by atoms with Crippen molar-refractivity contribution in [3.05, 3.63) is 40.4 Å². The number of likely N-dealkylation sites (tertiary alicyclic amines) is 1. The first kappa shape index (κ1) is 23.1. The molecule has 7 nitrogen and oxygen atoms in total. The first-order valence-corrected chi connectivity index (χ1v) is 12.7. The first-order chi connectivity index (χ1) is 14.2. The number of benzene rings is 1. The van der Waals surface area contributed by atoms with Crippen LogP contribution in [-0.2, 0) is 21.4 Å². The number of piperidine rings is 1. The second-order valence-corrected chi connectivity index (χ2v) is 11.0. The van der Waals surface area contributed by atoms with E-state index in [1.165, 1.54) is 29.9 Å². The van der Waals surface area contributed by atoms with Crippen molar-refractivity contribution in [2.45, 2.75) is 38.1 Å². The van der Waals surface area contributed by atoms with E-state index < -0.39 is 10.0 Å². The lowest BCUT2D eigenvalue weighted by Crippen LogP contribution is -2.38. The highest BCUT2D eigenvalue weighted by Gasteiger charge is 2.22. The Morgan fingerprint density at radius 3 is 2.73 bits per heavy atom. The van der Waals surface area contributed by atoms with E-state index in [2.05, 4.69) is 33.8 Å². The zero-order valence-corrected chi connectivity index (χ0v) is 19.5. The van der Waals surface area contributed by atoms with Crippen LogP contribution in [0.1, 0.15) is 32.4 Å². The number of halogens is 1. The van der Waals surface area contributed by atoms with E-state index in [0.29, 0.717) is 22.0 Å². The van der Waals surface area contributed by atoms with Crippen LogP contribution < -0.4 is 10.0 Å². The topological polar surface area (TPSA) is 91.4 Å². The molecule has 1 fully saturated rings. The maximum absolute atomic E-state index is 12.2. The molecular formula is C20H27ClN4O3S2. The summed E-state index contributed by atoms with van der Waals surface area (Å²) in [6, 6.07) is 5.98. The van der Waals surface area contributed by atoms with Gasteiger partial charge in [-0.1, -0.05) is 31.5 Å². The van der Waals surface area contributed by atoms with Gasteiger partial charge in [0.05, 0.1) is 10.6 Å². The Bertz CT molecular complexity index is 970. The Balaban J connectivity index is 1.45. The van der Waals surface area contributed by atoms with Gasteiger partial charge in [0, 0.05) is 43.0 Å². The van der Waals surface area contributed by atoms with E-state index in [0.717, 1.165) is 25.3 Å². The minimum atomic E-state index is -3.71. The zero-order chi connectivity index (χ0) is 21.7. The molecule has 1 aromatic heterocycles. The van der Waals surface area contributed by atoms with E-state index in [1.54, 1.807) is 12.1 Å². The Morgan fingerprint density at radius 1 is 1.30 bits per heavy atom. The molecular weight excluding hydrogens is 444 g/mol. The summed E-state index contributed by atoms with van der Waals surface area (Å²) in [5.74, 6) is 1.08. The van der Waals surface area contributed by atoms with Gasteiger partial charge >= 0.3 is 0 Å². The molecule has 1 saturated heterocycles. The van der Waals surface area contributed by atoms with Crippen molar-refractivity contribution in [3.63, 3.8) is 0 Å². The van der Waals surface area contributed by atoms with Crippen LogP contribution in [0.3, 0.4) is 0 Å². The number of amides is 1. The fourth-order valence-electron chi connectivity index (χ4n) is 3.79. The van der Waals surface area contributed by atoms with Crippen LogP contribution in [0.2, 0.25) is 5.02 Å². The molecule has 1 aliphatic rings. The van der Waals surface area contributed by atoms with Gasteiger partial charge in [0.25, 0.3) is 0 Å². The van der Waals surface area contributed by atoms with E-state index in [4.69, 9.17) is 11.6 Å². The van der Waals surface area contributed by atoms with Gasteiger partial charge < -0.3 is 5.32 Å². The highest BCUT2D eigenvalue weighted by Crippen LogP contribution is 2.24. The second kappa shape index (κ2) is 10.2. The second-order valence-electron chi connectivity index (χ2n) is 7.94. The predicted octanol–water partition coefficient (Wildman–Crippen LogP) is 3.58. The molecule has 2 N–H and O–H groups in total. The lowest BCUT2D eigenvalue weighted by atomic mass is 9.92. The Morgan fingerprint density at radius 2 is 2.03 bits per heavy atom. The molecule has 1 aliphatic heterocycles. The van der Waals surface area contributed by atoms with E-state index in [1.807, 2.05) is 5.38 Å². The fraction of sp³-hybridized carbons (Fsp3) is 0.500. The zero-order valence-electron chi connectivity index (χ0n) is 17.1. The van der Waals surface area contributed by atoms with Crippen molar-refractivity contribution < 1.29 is 13.2 Å². The molecule has 164 valence electrons. The molecule has 30 heavy (non-hydrogen) atoms. The summed E-state index contributed by atoms with van der Waals surface area (Å²) in [6.07, 6.45) is 1.27. The summed E-state index contributed by atoms with van der Waals surface area (Å²) in [6.45, 7) is 7.45. The third-order valence-corrected chi connectivity index (χ3v) is 7.38. The van der Waals surface area contributed by atoms with Crippen LogP contribution in [0, 0.1) is 11.8 Å². The number of nitrogens with zero attached hydrogens (tertiary/aromatic N) is 2. The summed E-state index contributed by atoms with van der Waals surface area (Å²) in [7, 11) is -3.71. The average molecular weight is 471 g/mol. The quantitative estimate of drug-likeness (QED) is 0.615. The van der Waals surface area contributed by atoms with Crippen LogP contribution in [0.15, 0.2) is 34.5 Å². The number of hydrogen-bond donors (Lipinski definition) is 2. The van der Waals surface area contributed by atoms with Crippen LogP contribution in [0.4, 0.5) is 5.13 Å². The highest BCUT2D eigenvalue weighted by atomic mass is 35.5. The smallest absolute Gasteiger partial charge is 0.240 e. The van der Waals surface area contributed by atoms with Crippen molar-refractivity contribution >= 4 is 44.0 Å². The largest absolute Gasteiger partial charge is 0.302 e. The van der Waals surface area contributed by atoms with E-state index in [9.17, 15) is 13.2 Å². The summed E-state index contributed by atoms with van der Waals surface area (Å²) >= 11 is 7.22. The van der Waals surface area contributed by atoms with Crippen molar-refractivity contribution in [1.82, 2.24) is 14.6 Å². The molecule has 1 amide bonds. The average Bonchev–Trinajstić information content (AvgIpc) is 3.07. The van der Waals surface area contributed by atoms with Crippen molar-refractivity contribution in [2.24, 2.45) is 11.8 Å². The molecule has 0 radical (unpaired) electrons. The van der Waals surface area contributed by atoms with Crippen LogP contribution in [0.25, 0.3) is 0 Å². The SMILES string of the molecule is CC1CC(C)CN(Cc2csc(NC(=O)CCNS(=O)(=O)c3cccc(Cl)c3)n2)C1. The lowest BCUT2D eigenvalue weighted by Gasteiger charge is -2.34. The highest BCUT2D eigenvalue weighted by molar-refractivity contribution is 7.89. The summed E-state index contributed by atoms with van der Waals surface area (Å²) in [5, 5.41) is 5.58. The number of hydrogen-bond acceptors (Lipinski definition) is 6. The van der Waals surface area contributed by atoms with Gasteiger partial charge in [0.1, 0.15) is 0 Å². The van der Waals surface area contributed by atoms with Crippen LogP contribution >= 0.6 is 22.9 Å². The molecule has 2 unspecified atom stereocenters.